The number of hydrogen-bond donors (Lipinski definition) is 1. The number of carbonyl (C=O) groups excluding carboxylic acids is 1. The average Bonchev–Trinajstić information content (AvgIpc) is 2.19. The van der Waals surface area contributed by atoms with Gasteiger partial charge >= 0.3 is 6.09 Å². The van der Waals surface area contributed by atoms with Gasteiger partial charge in [-0.15, -0.1) is 34.8 Å². The molecule has 0 aliphatic rings. The van der Waals surface area contributed by atoms with Crippen molar-refractivity contribution in [2.45, 2.75) is 6.92 Å². The maximum Gasteiger partial charge on any atom is 0.404 e. The molecule has 0 saturated heterocycles. The van der Waals surface area contributed by atoms with Crippen LogP contribution in [-0.4, -0.2) is 54.9 Å². The van der Waals surface area contributed by atoms with Crippen LogP contribution >= 0.6 is 34.8 Å². The minimum absolute atomic E-state index is 0.356. The maximum atomic E-state index is 9.60. The van der Waals surface area contributed by atoms with Gasteiger partial charge in [0.25, 0.3) is 0 Å². The molecule has 0 aromatic heterocycles. The molecule has 2 N–H and O–H groups in total. The summed E-state index contributed by atoms with van der Waals surface area (Å²) in [7, 11) is 0. The molecule has 7 heteroatoms. The molecule has 0 aliphatic carbocycles. The van der Waals surface area contributed by atoms with E-state index < -0.39 is 6.09 Å². The molecule has 0 spiro atoms. The molecule has 0 rings (SSSR count). The van der Waals surface area contributed by atoms with Gasteiger partial charge in [-0.3, -0.25) is 4.90 Å². The predicted octanol–water partition coefficient (Wildman–Crippen LogP) is 2.11. The van der Waals surface area contributed by atoms with E-state index in [-0.39, 0.29) is 0 Å². The Morgan fingerprint density at radius 2 is 1.50 bits per heavy atom. The summed E-state index contributed by atoms with van der Waals surface area (Å²) in [6.07, 6.45) is -0.711. The highest BCUT2D eigenvalue weighted by Gasteiger charge is 2.00. The van der Waals surface area contributed by atoms with E-state index in [4.69, 9.17) is 34.8 Å². The molecular formula is C9H19Cl3N2O2. The van der Waals surface area contributed by atoms with Crippen LogP contribution in [0.25, 0.3) is 0 Å². The Labute approximate surface area is 112 Å². The van der Waals surface area contributed by atoms with Crippen LogP contribution in [0.4, 0.5) is 4.79 Å². The molecular weight excluding hydrogens is 274 g/mol. The van der Waals surface area contributed by atoms with Gasteiger partial charge in [0.05, 0.1) is 6.61 Å². The van der Waals surface area contributed by atoms with E-state index in [1.54, 1.807) is 6.92 Å². The summed E-state index contributed by atoms with van der Waals surface area (Å²) in [4.78, 5) is 11.7. The normalized spacial score (nSPS) is 9.56. The molecule has 0 atom stereocenters. The minimum Gasteiger partial charge on any atom is -0.450 e. The van der Waals surface area contributed by atoms with Crippen LogP contribution in [0, 0.1) is 0 Å². The van der Waals surface area contributed by atoms with Crippen LogP contribution in [0.15, 0.2) is 0 Å². The van der Waals surface area contributed by atoms with Gasteiger partial charge in [0.2, 0.25) is 0 Å². The van der Waals surface area contributed by atoms with Gasteiger partial charge in [-0.2, -0.15) is 0 Å². The molecule has 0 bridgehead atoms. The Hall–Kier alpha value is 0.100. The lowest BCUT2D eigenvalue weighted by Gasteiger charge is -2.17. The van der Waals surface area contributed by atoms with Crippen LogP contribution < -0.4 is 5.73 Å². The number of alkyl halides is 3. The molecule has 0 unspecified atom stereocenters. The molecule has 0 aromatic rings. The van der Waals surface area contributed by atoms with E-state index >= 15 is 0 Å². The van der Waals surface area contributed by atoms with Crippen molar-refractivity contribution < 1.29 is 9.53 Å². The number of amides is 1. The molecule has 16 heavy (non-hydrogen) atoms. The van der Waals surface area contributed by atoms with Gasteiger partial charge in [-0.05, 0) is 6.92 Å². The Balaban J connectivity index is 0. The summed E-state index contributed by atoms with van der Waals surface area (Å²) in [6, 6.07) is 0. The van der Waals surface area contributed by atoms with Crippen molar-refractivity contribution in [1.29, 1.82) is 0 Å². The number of nitrogens with zero attached hydrogens (tertiary/aromatic N) is 1. The fraction of sp³-hybridized carbons (Fsp3) is 0.889. The molecule has 1 amide bonds. The lowest BCUT2D eigenvalue weighted by molar-refractivity contribution is 0.163. The van der Waals surface area contributed by atoms with Crippen molar-refractivity contribution in [3.63, 3.8) is 0 Å². The highest BCUT2D eigenvalue weighted by atomic mass is 35.5. The second-order valence-corrected chi connectivity index (χ2v) is 3.79. The van der Waals surface area contributed by atoms with Gasteiger partial charge in [-0.25, -0.2) is 4.79 Å². The van der Waals surface area contributed by atoms with Crippen molar-refractivity contribution in [3.8, 4) is 0 Å². The van der Waals surface area contributed by atoms with Crippen LogP contribution in [0.5, 0.6) is 0 Å². The number of hydrogen-bond acceptors (Lipinski definition) is 3. The summed E-state index contributed by atoms with van der Waals surface area (Å²) < 4.78 is 4.18. The van der Waals surface area contributed by atoms with Gasteiger partial charge in [0, 0.05) is 37.3 Å². The van der Waals surface area contributed by atoms with Crippen molar-refractivity contribution in [1.82, 2.24) is 4.90 Å². The van der Waals surface area contributed by atoms with Gasteiger partial charge in [-0.1, -0.05) is 0 Å². The molecule has 0 aliphatic heterocycles. The summed E-state index contributed by atoms with van der Waals surface area (Å²) >= 11 is 16.6. The zero-order valence-corrected chi connectivity index (χ0v) is 11.7. The third-order valence-corrected chi connectivity index (χ3v) is 2.00. The SMILES string of the molecule is CCOC(N)=O.ClCCN(CCCl)CCCl. The first-order valence-electron chi connectivity index (χ1n) is 4.94. The maximum absolute atomic E-state index is 9.60. The fourth-order valence-corrected chi connectivity index (χ4v) is 1.55. The highest BCUT2D eigenvalue weighted by Crippen LogP contribution is 1.92. The quantitative estimate of drug-likeness (QED) is 0.731. The van der Waals surface area contributed by atoms with E-state index in [2.05, 4.69) is 15.4 Å². The standard InChI is InChI=1S/C6H12Cl3N.C3H7NO2/c7-1-4-10(5-2-8)6-3-9;1-2-6-3(4)5/h1-6H2;2H2,1H3,(H2,4,5). The Morgan fingerprint density at radius 1 is 1.12 bits per heavy atom. The molecule has 98 valence electrons. The number of ether oxygens (including phenoxy) is 1. The molecule has 0 aromatic carbocycles. The third-order valence-electron chi connectivity index (χ3n) is 1.49. The van der Waals surface area contributed by atoms with E-state index in [9.17, 15) is 4.79 Å². The first kappa shape index (κ1) is 18.5. The summed E-state index contributed by atoms with van der Waals surface area (Å²) in [6.45, 7) is 4.68. The van der Waals surface area contributed by atoms with Gasteiger partial charge in [0.15, 0.2) is 0 Å². The Morgan fingerprint density at radius 3 is 1.62 bits per heavy atom. The number of rotatable bonds is 7. The number of halogens is 3. The van der Waals surface area contributed by atoms with Crippen molar-refractivity contribution in [3.05, 3.63) is 0 Å². The largest absolute Gasteiger partial charge is 0.450 e. The van der Waals surface area contributed by atoms with Crippen molar-refractivity contribution in [2.75, 3.05) is 43.9 Å². The van der Waals surface area contributed by atoms with Crippen LogP contribution in [0.1, 0.15) is 6.92 Å². The second kappa shape index (κ2) is 15.1. The van der Waals surface area contributed by atoms with E-state index in [1.807, 2.05) is 0 Å². The molecule has 0 fully saturated rings. The third kappa shape index (κ3) is 16.5. The first-order chi connectivity index (χ1) is 7.62. The van der Waals surface area contributed by atoms with Crippen LogP contribution in [-0.2, 0) is 4.74 Å². The summed E-state index contributed by atoms with van der Waals surface area (Å²) in [5, 5.41) is 0. The second-order valence-electron chi connectivity index (χ2n) is 2.66. The van der Waals surface area contributed by atoms with Crippen molar-refractivity contribution >= 4 is 40.9 Å². The molecule has 0 saturated carbocycles. The zero-order chi connectivity index (χ0) is 12.8. The fourth-order valence-electron chi connectivity index (χ4n) is 0.836. The van der Waals surface area contributed by atoms with Gasteiger partial charge in [0.1, 0.15) is 0 Å². The van der Waals surface area contributed by atoms with E-state index in [0.717, 1.165) is 19.6 Å². The first-order valence-corrected chi connectivity index (χ1v) is 6.55. The topological polar surface area (TPSA) is 55.6 Å². The van der Waals surface area contributed by atoms with E-state index in [1.165, 1.54) is 0 Å². The average molecular weight is 294 g/mol. The Bertz CT molecular complexity index is 147. The summed E-state index contributed by atoms with van der Waals surface area (Å²) in [5.41, 5.74) is 4.54. The monoisotopic (exact) mass is 292 g/mol. The zero-order valence-electron chi connectivity index (χ0n) is 9.42. The number of primary amides is 1. The van der Waals surface area contributed by atoms with Crippen molar-refractivity contribution in [2.24, 2.45) is 5.73 Å². The molecule has 0 heterocycles. The smallest absolute Gasteiger partial charge is 0.404 e. The predicted molar refractivity (Wildman–Crippen MR) is 69.8 cm³/mol. The molecule has 0 radical (unpaired) electrons. The van der Waals surface area contributed by atoms with Gasteiger partial charge < -0.3 is 10.5 Å². The van der Waals surface area contributed by atoms with Crippen LogP contribution in [0.2, 0.25) is 0 Å². The molecule has 4 nitrogen and oxygen atoms in total. The Kier molecular flexibility index (Phi) is 17.4. The lowest BCUT2D eigenvalue weighted by Crippen LogP contribution is -2.29. The number of carbonyl (C=O) groups is 1. The number of nitrogens with two attached hydrogens (primary N) is 1. The van der Waals surface area contributed by atoms with E-state index in [0.29, 0.717) is 24.2 Å². The minimum atomic E-state index is -0.711. The summed E-state index contributed by atoms with van der Waals surface area (Å²) in [5.74, 6) is 1.94. The highest BCUT2D eigenvalue weighted by molar-refractivity contribution is 6.18. The lowest BCUT2D eigenvalue weighted by atomic mass is 10.5. The van der Waals surface area contributed by atoms with Crippen LogP contribution in [0.3, 0.4) is 0 Å².